The van der Waals surface area contributed by atoms with Crippen molar-refractivity contribution in [3.8, 4) is 0 Å². The zero-order valence-electron chi connectivity index (χ0n) is 57.1. The van der Waals surface area contributed by atoms with Crippen LogP contribution in [0.25, 0.3) is 0 Å². The van der Waals surface area contributed by atoms with Gasteiger partial charge in [-0.3, -0.25) is 9.35 Å². The fourth-order valence-corrected chi connectivity index (χ4v) is 11.7. The number of methoxy groups -OCH3 is 1. The van der Waals surface area contributed by atoms with E-state index >= 15 is 0 Å². The lowest BCUT2D eigenvalue weighted by Crippen LogP contribution is -2.57. The van der Waals surface area contributed by atoms with Crippen molar-refractivity contribution in [2.24, 2.45) is 29.6 Å². The van der Waals surface area contributed by atoms with Crippen LogP contribution in [-0.2, 0) is 67.2 Å². The van der Waals surface area contributed by atoms with E-state index in [-0.39, 0.29) is 119 Å². The number of aliphatic hydroxyl groups is 10. The van der Waals surface area contributed by atoms with Gasteiger partial charge >= 0.3 is 10.3 Å². The minimum Gasteiger partial charge on any atom is -0.498 e. The molecule has 93 heavy (non-hydrogen) atoms. The lowest BCUT2D eigenvalue weighted by atomic mass is 9.91. The third-order valence-corrected chi connectivity index (χ3v) is 18.1. The summed E-state index contributed by atoms with van der Waals surface area (Å²) in [6.45, 7) is 31.3. The SMILES string of the molecule is C=C1C(C)OCC(O)C1O.CC1=CC(O)C(C)CO1.CCC1CC(C)C(NS(=O)(=O)O)C(O)O1.CCC1CC(O)C(C)C(OC2C(C)OCC(C)C2O)O1.CCC1CC(O)C(C)C(OC2C(C)OCC(O)C2O)O1.CCC1CC(O)C(NC(C)=O)C(OC)O1.O.O.O.O. The van der Waals surface area contributed by atoms with E-state index in [1.165, 1.54) is 14.0 Å². The molecule has 29 atom stereocenters. The maximum absolute atomic E-state index is 10.9. The number of amides is 1. The normalized spacial score (nSPS) is 41.4. The topological polar surface area (TPSA) is 525 Å². The molecule has 7 fully saturated rings. The zero-order valence-corrected chi connectivity index (χ0v) is 57.9. The molecule has 7 saturated heterocycles. The second-order valence-corrected chi connectivity index (χ2v) is 26.2. The van der Waals surface area contributed by atoms with Crippen molar-refractivity contribution >= 4 is 16.2 Å². The Labute approximate surface area is 549 Å². The summed E-state index contributed by atoms with van der Waals surface area (Å²) >= 11 is 0. The second-order valence-electron chi connectivity index (χ2n) is 25.0. The summed E-state index contributed by atoms with van der Waals surface area (Å²) in [6.07, 6.45) is -3.24. The minimum atomic E-state index is -4.30. The lowest BCUT2D eigenvalue weighted by Gasteiger charge is -2.43. The number of allylic oxidation sites excluding steroid dienone is 1. The number of nitrogens with one attached hydrogen (secondary N) is 2. The van der Waals surface area contributed by atoms with Crippen molar-refractivity contribution in [3.63, 3.8) is 0 Å². The molecule has 8 heterocycles. The van der Waals surface area contributed by atoms with E-state index in [0.717, 1.165) is 31.4 Å². The molecular weight excluding hydrogens is 1260 g/mol. The molecule has 556 valence electrons. The van der Waals surface area contributed by atoms with Gasteiger partial charge in [0.05, 0.1) is 111 Å². The predicted molar refractivity (Wildman–Crippen MR) is 339 cm³/mol. The number of aliphatic hydroxyl groups excluding tert-OH is 10. The first-order valence-corrected chi connectivity index (χ1v) is 33.2. The standard InChI is InChI=1S/C15H28O5.C14H26O6.C10H19NO4.C8H17NO5S.C7H12O3.C7H12O2.4H2O/c1-5-11-6-12(16)9(3)15(19-11)20-14-10(4)18-7-8(2)13(14)17;1-4-9-5-10(15)7(2)14(19-9)20-13-8(3)18-6-11(16)12(13)17;1-4-7-5-8(13)9(11-6(2)12)10(14-3)15-7;1-3-6-4-5(2)7(8(10)14-6)9-15(11,12)13;1-4-5(2)10-3-6(8)7(4)9;1-5-4-9-6(2)3-7(5)8;;;;/h8-17H,5-7H2,1-4H3;7-17H,4-6H2,1-3H3;7-10,13H,4-5H2,1-3H3,(H,11,12);5-10H,3-4H2,1-2H3,(H,11,12,13);5-9H,1,3H2,2H3;3,5,7-8H,4H2,1-2H3;4*1H2. The highest BCUT2D eigenvalue weighted by Gasteiger charge is 2.45. The van der Waals surface area contributed by atoms with Crippen LogP contribution < -0.4 is 10.0 Å². The molecule has 0 aromatic carbocycles. The van der Waals surface area contributed by atoms with Crippen LogP contribution >= 0.6 is 0 Å². The third kappa shape index (κ3) is 29.6. The molecule has 8 rings (SSSR count). The van der Waals surface area contributed by atoms with Crippen molar-refractivity contribution in [1.29, 1.82) is 0 Å². The number of carbonyl (C=O) groups excluding carboxylic acids is 1. The number of ether oxygens (including phenoxy) is 11. The van der Waals surface area contributed by atoms with Gasteiger partial charge in [0.1, 0.15) is 42.7 Å². The molecule has 0 aromatic heterocycles. The first-order chi connectivity index (χ1) is 41.6. The average molecular weight is 1380 g/mol. The Kier molecular flexibility index (Phi) is 44.5. The van der Waals surface area contributed by atoms with Gasteiger partial charge in [0.2, 0.25) is 5.91 Å². The van der Waals surface area contributed by atoms with Crippen LogP contribution in [0.4, 0.5) is 0 Å². The van der Waals surface area contributed by atoms with Crippen molar-refractivity contribution in [1.82, 2.24) is 10.0 Å². The number of hydrogen-bond donors (Lipinski definition) is 13. The highest BCUT2D eigenvalue weighted by molar-refractivity contribution is 7.83. The molecule has 0 radical (unpaired) electrons. The summed E-state index contributed by atoms with van der Waals surface area (Å²) < 4.78 is 92.4. The van der Waals surface area contributed by atoms with Crippen LogP contribution in [0.3, 0.4) is 0 Å². The Morgan fingerprint density at radius 2 is 1.01 bits per heavy atom. The number of hydrogen-bond acceptors (Lipinski definition) is 24. The Morgan fingerprint density at radius 3 is 1.43 bits per heavy atom. The molecule has 29 unspecified atom stereocenters. The summed E-state index contributed by atoms with van der Waals surface area (Å²) in [6, 6.07) is -1.27. The van der Waals surface area contributed by atoms with Crippen molar-refractivity contribution in [3.05, 3.63) is 24.0 Å². The molecule has 1 amide bonds. The molecular formula is C61H122N2O29S. The number of rotatable bonds is 12. The molecule has 0 aromatic rings. The molecule has 32 heteroatoms. The van der Waals surface area contributed by atoms with Gasteiger partial charge in [-0.25, -0.2) is 0 Å². The van der Waals surface area contributed by atoms with Crippen molar-refractivity contribution in [2.75, 3.05) is 33.5 Å². The first kappa shape index (κ1) is 92.7. The summed E-state index contributed by atoms with van der Waals surface area (Å²) in [5, 5.41) is 99.6. The van der Waals surface area contributed by atoms with Gasteiger partial charge in [0.25, 0.3) is 0 Å². The molecule has 21 N–H and O–H groups in total. The third-order valence-electron chi connectivity index (χ3n) is 17.5. The average Bonchev–Trinajstić information content (AvgIpc) is 0.922. The van der Waals surface area contributed by atoms with Gasteiger partial charge in [-0.15, -0.1) is 0 Å². The summed E-state index contributed by atoms with van der Waals surface area (Å²) in [7, 11) is -2.80. The summed E-state index contributed by atoms with van der Waals surface area (Å²) in [5.41, 5.74) is 0.554. The van der Waals surface area contributed by atoms with E-state index in [9.17, 15) is 59.2 Å². The van der Waals surface area contributed by atoms with Crippen LogP contribution in [0.15, 0.2) is 24.0 Å². The number of carbonyl (C=O) groups is 1. The van der Waals surface area contributed by atoms with Gasteiger partial charge < -0.3 is 130 Å². The van der Waals surface area contributed by atoms with Crippen molar-refractivity contribution in [2.45, 2.75) is 295 Å². The van der Waals surface area contributed by atoms with Crippen molar-refractivity contribution < 1.29 is 143 Å². The molecule has 0 bridgehead atoms. The fraction of sp³-hybridized carbons (Fsp3) is 0.918. The minimum absolute atomic E-state index is 0. The van der Waals surface area contributed by atoms with E-state index in [1.807, 2.05) is 74.0 Å². The largest absolute Gasteiger partial charge is 0.498 e. The molecule has 0 aliphatic carbocycles. The Hall–Kier alpha value is -2.34. The Balaban J connectivity index is 0. The van der Waals surface area contributed by atoms with E-state index in [0.29, 0.717) is 44.5 Å². The first-order valence-electron chi connectivity index (χ1n) is 31.7. The second kappa shape index (κ2) is 44.6. The maximum atomic E-state index is 10.9. The Morgan fingerprint density at radius 1 is 0.570 bits per heavy atom. The summed E-state index contributed by atoms with van der Waals surface area (Å²) in [5.74, 6) is 0.558. The highest BCUT2D eigenvalue weighted by Crippen LogP contribution is 2.34. The van der Waals surface area contributed by atoms with Crippen LogP contribution in [0, 0.1) is 29.6 Å². The van der Waals surface area contributed by atoms with Gasteiger partial charge in [-0.05, 0) is 77.4 Å². The Bertz CT molecular complexity index is 2110. The summed E-state index contributed by atoms with van der Waals surface area (Å²) in [4.78, 5) is 10.9. The molecule has 8 aliphatic heterocycles. The quantitative estimate of drug-likeness (QED) is 0.0787. The molecule has 0 saturated carbocycles. The lowest BCUT2D eigenvalue weighted by molar-refractivity contribution is -0.300. The van der Waals surface area contributed by atoms with Gasteiger partial charge in [-0.2, -0.15) is 13.1 Å². The van der Waals surface area contributed by atoms with Crippen LogP contribution in [0.5, 0.6) is 0 Å². The van der Waals surface area contributed by atoms with E-state index in [2.05, 4.69) is 11.9 Å². The van der Waals surface area contributed by atoms with Crippen LogP contribution in [-0.4, -0.2) is 273 Å². The fourth-order valence-electron chi connectivity index (χ4n) is 11.0. The molecule has 8 aliphatic rings. The molecule has 0 spiro atoms. The van der Waals surface area contributed by atoms with E-state index < -0.39 is 109 Å². The van der Waals surface area contributed by atoms with E-state index in [4.69, 9.17) is 61.8 Å². The van der Waals surface area contributed by atoms with Crippen LogP contribution in [0.1, 0.15) is 148 Å². The van der Waals surface area contributed by atoms with Gasteiger partial charge in [0, 0.05) is 57.0 Å². The smallest absolute Gasteiger partial charge is 0.333 e. The predicted octanol–water partition coefficient (Wildman–Crippen LogP) is -1.43. The highest BCUT2D eigenvalue weighted by atomic mass is 32.2. The van der Waals surface area contributed by atoms with Gasteiger partial charge in [0.15, 0.2) is 25.2 Å². The maximum Gasteiger partial charge on any atom is 0.333 e. The monoisotopic (exact) mass is 1380 g/mol. The van der Waals surface area contributed by atoms with Gasteiger partial charge in [-0.1, -0.05) is 68.9 Å². The zero-order chi connectivity index (χ0) is 67.4. The molecule has 31 nitrogen and oxygen atoms in total. The van der Waals surface area contributed by atoms with E-state index in [1.54, 1.807) is 26.8 Å². The van der Waals surface area contributed by atoms with Crippen LogP contribution in [0.2, 0.25) is 0 Å².